The van der Waals surface area contributed by atoms with Crippen molar-refractivity contribution in [2.45, 2.75) is 12.8 Å². The number of alkyl halides is 1. The Morgan fingerprint density at radius 3 is 2.11 bits per heavy atom. The smallest absolute Gasteiger partial charge is 0.214 e. The van der Waals surface area contributed by atoms with Crippen molar-refractivity contribution < 1.29 is 21.2 Å². The Bertz CT molecular complexity index is 463. The molecular weight excluding hydrogens is 283 g/mol. The molecular formula is C9H19FN2O4S2. The lowest BCUT2D eigenvalue weighted by Gasteiger charge is -2.20. The van der Waals surface area contributed by atoms with Crippen molar-refractivity contribution in [3.63, 3.8) is 0 Å². The van der Waals surface area contributed by atoms with E-state index in [1.165, 1.54) is 8.61 Å². The van der Waals surface area contributed by atoms with Gasteiger partial charge in [0.2, 0.25) is 20.0 Å². The summed E-state index contributed by atoms with van der Waals surface area (Å²) in [5.41, 5.74) is 0. The number of nitrogens with zero attached hydrogens (tertiary/aromatic N) is 2. The molecule has 18 heavy (non-hydrogen) atoms. The van der Waals surface area contributed by atoms with Gasteiger partial charge in [-0.3, -0.25) is 4.39 Å². The highest BCUT2D eigenvalue weighted by molar-refractivity contribution is 7.89. The molecule has 0 aromatic carbocycles. The van der Waals surface area contributed by atoms with Gasteiger partial charge in [-0.2, -0.15) is 0 Å². The summed E-state index contributed by atoms with van der Waals surface area (Å²) in [6.07, 6.45) is 1.55. The molecule has 0 spiro atoms. The molecule has 1 heterocycles. The molecule has 0 aliphatic carbocycles. The van der Waals surface area contributed by atoms with Gasteiger partial charge in [-0.15, -0.1) is 0 Å². The minimum atomic E-state index is -3.47. The van der Waals surface area contributed by atoms with Gasteiger partial charge in [0.1, 0.15) is 0 Å². The lowest BCUT2D eigenvalue weighted by atomic mass is 10.4. The predicted molar refractivity (Wildman–Crippen MR) is 67.0 cm³/mol. The van der Waals surface area contributed by atoms with E-state index in [0.29, 0.717) is 19.5 Å². The Hall–Kier alpha value is -0.250. The van der Waals surface area contributed by atoms with Crippen LogP contribution in [-0.2, 0) is 20.0 Å². The molecule has 1 fully saturated rings. The predicted octanol–water partition coefficient (Wildman–Crippen LogP) is -0.357. The third-order valence-corrected chi connectivity index (χ3v) is 6.07. The normalized spacial score (nSPS) is 20.8. The average Bonchev–Trinajstić information content (AvgIpc) is 2.51. The minimum absolute atomic E-state index is 0.0192. The zero-order valence-electron chi connectivity index (χ0n) is 10.4. The standard InChI is InChI=1S/C9H19FN2O4S2/c1-17(13,14)11-5-3-6-12(8-7-11)18(15,16)9-2-4-10/h2-9H2,1H3. The average molecular weight is 302 g/mol. The molecule has 6 nitrogen and oxygen atoms in total. The molecule has 0 amide bonds. The van der Waals surface area contributed by atoms with Crippen LogP contribution in [0.4, 0.5) is 4.39 Å². The highest BCUT2D eigenvalue weighted by Gasteiger charge is 2.27. The molecule has 1 aliphatic rings. The largest absolute Gasteiger partial charge is 0.251 e. The van der Waals surface area contributed by atoms with Crippen LogP contribution in [0, 0.1) is 0 Å². The van der Waals surface area contributed by atoms with Gasteiger partial charge in [-0.05, 0) is 12.8 Å². The molecule has 0 N–H and O–H groups in total. The summed E-state index contributed by atoms with van der Waals surface area (Å²) in [6, 6.07) is 0. The van der Waals surface area contributed by atoms with E-state index in [1.807, 2.05) is 0 Å². The van der Waals surface area contributed by atoms with Crippen LogP contribution in [0.2, 0.25) is 0 Å². The van der Waals surface area contributed by atoms with Crippen molar-refractivity contribution >= 4 is 20.0 Å². The lowest BCUT2D eigenvalue weighted by molar-refractivity contribution is 0.403. The van der Waals surface area contributed by atoms with Crippen LogP contribution in [0.1, 0.15) is 12.8 Å². The molecule has 1 rings (SSSR count). The first kappa shape index (κ1) is 15.8. The van der Waals surface area contributed by atoms with Crippen LogP contribution >= 0.6 is 0 Å². The van der Waals surface area contributed by atoms with Gasteiger partial charge in [-0.25, -0.2) is 25.4 Å². The van der Waals surface area contributed by atoms with E-state index in [4.69, 9.17) is 0 Å². The first-order valence-electron chi connectivity index (χ1n) is 5.76. The van der Waals surface area contributed by atoms with Gasteiger partial charge in [0.25, 0.3) is 0 Å². The van der Waals surface area contributed by atoms with Gasteiger partial charge in [-0.1, -0.05) is 0 Å². The maximum absolute atomic E-state index is 12.0. The van der Waals surface area contributed by atoms with Crippen LogP contribution < -0.4 is 0 Å². The minimum Gasteiger partial charge on any atom is -0.251 e. The van der Waals surface area contributed by atoms with Crippen LogP contribution in [0.5, 0.6) is 0 Å². The highest BCUT2D eigenvalue weighted by atomic mass is 32.2. The van der Waals surface area contributed by atoms with Gasteiger partial charge < -0.3 is 0 Å². The van der Waals surface area contributed by atoms with Crippen LogP contribution in [-0.4, -0.2) is 70.3 Å². The van der Waals surface area contributed by atoms with E-state index in [1.54, 1.807) is 0 Å². The molecule has 9 heteroatoms. The van der Waals surface area contributed by atoms with E-state index in [0.717, 1.165) is 6.26 Å². The Morgan fingerprint density at radius 1 is 1.00 bits per heavy atom. The van der Waals surface area contributed by atoms with Gasteiger partial charge in [0.15, 0.2) is 0 Å². The van der Waals surface area contributed by atoms with E-state index in [2.05, 4.69) is 0 Å². The summed E-state index contributed by atoms with van der Waals surface area (Å²) in [5.74, 6) is -0.220. The maximum Gasteiger partial charge on any atom is 0.214 e. The lowest BCUT2D eigenvalue weighted by Crippen LogP contribution is -2.38. The Kier molecular flexibility index (Phi) is 5.50. The van der Waals surface area contributed by atoms with Crippen molar-refractivity contribution in [1.29, 1.82) is 0 Å². The summed E-state index contributed by atoms with van der Waals surface area (Å²) in [7, 11) is -6.75. The number of sulfonamides is 2. The van der Waals surface area contributed by atoms with Crippen LogP contribution in [0.25, 0.3) is 0 Å². The fraction of sp³-hybridized carbons (Fsp3) is 1.00. The van der Waals surface area contributed by atoms with Gasteiger partial charge in [0, 0.05) is 26.2 Å². The fourth-order valence-corrected chi connectivity index (χ4v) is 4.22. The molecule has 0 radical (unpaired) electrons. The second-order valence-electron chi connectivity index (χ2n) is 4.27. The number of hydrogen-bond donors (Lipinski definition) is 0. The summed E-state index contributed by atoms with van der Waals surface area (Å²) >= 11 is 0. The third kappa shape index (κ3) is 4.45. The highest BCUT2D eigenvalue weighted by Crippen LogP contribution is 2.11. The molecule has 0 bridgehead atoms. The van der Waals surface area contributed by atoms with E-state index < -0.39 is 26.7 Å². The number of halogens is 1. The van der Waals surface area contributed by atoms with E-state index in [9.17, 15) is 21.2 Å². The summed E-state index contributed by atoms with van der Waals surface area (Å²) in [6.45, 7) is 0.256. The van der Waals surface area contributed by atoms with Crippen molar-refractivity contribution in [2.24, 2.45) is 0 Å². The van der Waals surface area contributed by atoms with Crippen molar-refractivity contribution in [3.05, 3.63) is 0 Å². The van der Waals surface area contributed by atoms with Gasteiger partial charge in [0.05, 0.1) is 18.7 Å². The Labute approximate surface area is 108 Å². The summed E-state index contributed by atoms with van der Waals surface area (Å²) in [4.78, 5) is 0. The monoisotopic (exact) mass is 302 g/mol. The summed E-state index contributed by atoms with van der Waals surface area (Å²) in [5, 5.41) is 0. The zero-order valence-corrected chi connectivity index (χ0v) is 12.0. The molecule has 0 atom stereocenters. The van der Waals surface area contributed by atoms with E-state index >= 15 is 0 Å². The van der Waals surface area contributed by atoms with Crippen molar-refractivity contribution in [1.82, 2.24) is 8.61 Å². The van der Waals surface area contributed by atoms with Gasteiger partial charge >= 0.3 is 0 Å². The molecule has 108 valence electrons. The van der Waals surface area contributed by atoms with Crippen molar-refractivity contribution in [2.75, 3.05) is 44.9 Å². The Balaban J connectivity index is 2.67. The van der Waals surface area contributed by atoms with Crippen LogP contribution in [0.15, 0.2) is 0 Å². The molecule has 1 aliphatic heterocycles. The fourth-order valence-electron chi connectivity index (χ4n) is 1.85. The molecule has 0 saturated carbocycles. The number of hydrogen-bond acceptors (Lipinski definition) is 4. The van der Waals surface area contributed by atoms with E-state index in [-0.39, 0.29) is 25.3 Å². The Morgan fingerprint density at radius 2 is 1.56 bits per heavy atom. The van der Waals surface area contributed by atoms with Crippen molar-refractivity contribution in [3.8, 4) is 0 Å². The second-order valence-corrected chi connectivity index (χ2v) is 8.34. The summed E-state index contributed by atoms with van der Waals surface area (Å²) < 4.78 is 61.0. The first-order valence-corrected chi connectivity index (χ1v) is 9.22. The number of rotatable bonds is 5. The zero-order chi connectivity index (χ0) is 13.8. The second kappa shape index (κ2) is 6.27. The molecule has 0 aromatic rings. The SMILES string of the molecule is CS(=O)(=O)N1CCCN(S(=O)(=O)CCCF)CC1. The quantitative estimate of drug-likeness (QED) is 0.695. The van der Waals surface area contributed by atoms with Crippen LogP contribution in [0.3, 0.4) is 0 Å². The first-order chi connectivity index (χ1) is 8.27. The molecule has 0 unspecified atom stereocenters. The maximum atomic E-state index is 12.0. The third-order valence-electron chi connectivity index (χ3n) is 2.81. The topological polar surface area (TPSA) is 74.8 Å². The molecule has 1 saturated heterocycles. The molecule has 0 aromatic heterocycles.